The Morgan fingerprint density at radius 3 is 2.82 bits per heavy atom. The molecule has 3 aromatic rings. The molecule has 0 spiro atoms. The lowest BCUT2D eigenvalue weighted by Crippen LogP contribution is -2.18. The van der Waals surface area contributed by atoms with Crippen LogP contribution in [0.15, 0.2) is 48.9 Å². The fourth-order valence-electron chi connectivity index (χ4n) is 2.31. The molecule has 3 rings (SSSR count). The normalized spacial score (nSPS) is 10.9. The zero-order valence-electron chi connectivity index (χ0n) is 12.3. The average molecular weight is 313 g/mol. The second kappa shape index (κ2) is 7.20. The van der Waals surface area contributed by atoms with Gasteiger partial charge in [-0.2, -0.15) is 0 Å². The number of hydrogen-bond donors (Lipinski definition) is 2. The third-order valence-corrected chi connectivity index (χ3v) is 4.22. The van der Waals surface area contributed by atoms with E-state index in [4.69, 9.17) is 5.73 Å². The highest BCUT2D eigenvalue weighted by Crippen LogP contribution is 2.13. The molecule has 5 nitrogen and oxygen atoms in total. The number of rotatable bonds is 7. The molecular weight excluding hydrogens is 294 g/mol. The van der Waals surface area contributed by atoms with E-state index >= 15 is 0 Å². The second-order valence-corrected chi connectivity index (χ2v) is 6.20. The molecule has 1 aromatic carbocycles. The zero-order valence-corrected chi connectivity index (χ0v) is 13.1. The summed E-state index contributed by atoms with van der Waals surface area (Å²) >= 11 is 1.52. The average Bonchev–Trinajstić information content (AvgIpc) is 3.14. The number of thiazole rings is 1. The highest BCUT2D eigenvalue weighted by molar-refractivity contribution is 7.15. The van der Waals surface area contributed by atoms with Crippen LogP contribution in [0, 0.1) is 0 Å². The largest absolute Gasteiger partial charge is 0.375 e. The number of benzene rings is 1. The van der Waals surface area contributed by atoms with Crippen molar-refractivity contribution >= 4 is 16.5 Å². The Bertz CT molecular complexity index is 704. The molecule has 0 amide bonds. The van der Waals surface area contributed by atoms with Crippen LogP contribution in [0.2, 0.25) is 0 Å². The van der Waals surface area contributed by atoms with Gasteiger partial charge in [0.1, 0.15) is 5.82 Å². The lowest BCUT2D eigenvalue weighted by atomic mass is 10.2. The second-order valence-electron chi connectivity index (χ2n) is 5.05. The van der Waals surface area contributed by atoms with Gasteiger partial charge in [-0.05, 0) is 5.56 Å². The van der Waals surface area contributed by atoms with Gasteiger partial charge in [-0.25, -0.2) is 9.97 Å². The smallest absolute Gasteiger partial charge is 0.180 e. The summed E-state index contributed by atoms with van der Waals surface area (Å²) in [5, 5.41) is 4.03. The number of hydrogen-bond acceptors (Lipinski definition) is 5. The van der Waals surface area contributed by atoms with E-state index in [0.717, 1.165) is 36.8 Å². The Kier molecular flexibility index (Phi) is 4.82. The summed E-state index contributed by atoms with van der Waals surface area (Å²) in [7, 11) is 0. The van der Waals surface area contributed by atoms with Gasteiger partial charge in [0, 0.05) is 49.5 Å². The number of nitrogen functional groups attached to an aromatic ring is 1. The van der Waals surface area contributed by atoms with Crippen molar-refractivity contribution in [3.8, 4) is 0 Å². The van der Waals surface area contributed by atoms with Crippen LogP contribution in [0.5, 0.6) is 0 Å². The van der Waals surface area contributed by atoms with Gasteiger partial charge in [-0.1, -0.05) is 30.3 Å². The summed E-state index contributed by atoms with van der Waals surface area (Å²) in [6, 6.07) is 10.4. The minimum Gasteiger partial charge on any atom is -0.375 e. The maximum atomic E-state index is 5.62. The summed E-state index contributed by atoms with van der Waals surface area (Å²) in [4.78, 5) is 9.66. The first-order valence-corrected chi connectivity index (χ1v) is 8.08. The van der Waals surface area contributed by atoms with Gasteiger partial charge in [0.15, 0.2) is 5.13 Å². The molecule has 114 valence electrons. The number of imidazole rings is 1. The van der Waals surface area contributed by atoms with E-state index in [2.05, 4.69) is 44.1 Å². The minimum atomic E-state index is 0.621. The van der Waals surface area contributed by atoms with Gasteiger partial charge >= 0.3 is 0 Å². The molecule has 0 aliphatic heterocycles. The Labute approximate surface area is 133 Å². The van der Waals surface area contributed by atoms with Gasteiger partial charge in [0.2, 0.25) is 0 Å². The van der Waals surface area contributed by atoms with Crippen LogP contribution in [-0.4, -0.2) is 21.1 Å². The number of aromatic nitrogens is 3. The molecule has 0 aliphatic rings. The van der Waals surface area contributed by atoms with E-state index in [-0.39, 0.29) is 0 Å². The molecule has 0 unspecified atom stereocenters. The predicted molar refractivity (Wildman–Crippen MR) is 89.7 cm³/mol. The van der Waals surface area contributed by atoms with Crippen LogP contribution in [0.3, 0.4) is 0 Å². The van der Waals surface area contributed by atoms with Crippen LogP contribution < -0.4 is 11.1 Å². The summed E-state index contributed by atoms with van der Waals surface area (Å²) in [5.41, 5.74) is 6.91. The molecule has 22 heavy (non-hydrogen) atoms. The SMILES string of the molecule is Nc1ncc(CNCCc2nccn2Cc2ccccc2)s1. The van der Waals surface area contributed by atoms with E-state index in [1.165, 1.54) is 16.9 Å². The monoisotopic (exact) mass is 313 g/mol. The molecule has 0 saturated carbocycles. The lowest BCUT2D eigenvalue weighted by molar-refractivity contribution is 0.644. The number of nitrogens with two attached hydrogens (primary N) is 1. The van der Waals surface area contributed by atoms with E-state index in [1.807, 2.05) is 24.7 Å². The Morgan fingerprint density at radius 2 is 2.05 bits per heavy atom. The Morgan fingerprint density at radius 1 is 1.18 bits per heavy atom. The lowest BCUT2D eigenvalue weighted by Gasteiger charge is -2.08. The van der Waals surface area contributed by atoms with Gasteiger partial charge < -0.3 is 15.6 Å². The molecule has 0 fully saturated rings. The van der Waals surface area contributed by atoms with Crippen molar-refractivity contribution in [1.29, 1.82) is 0 Å². The summed E-state index contributed by atoms with van der Waals surface area (Å²) in [6.45, 7) is 2.54. The van der Waals surface area contributed by atoms with E-state index in [1.54, 1.807) is 0 Å². The number of nitrogens with zero attached hydrogens (tertiary/aromatic N) is 3. The third kappa shape index (κ3) is 3.93. The highest BCUT2D eigenvalue weighted by atomic mass is 32.1. The van der Waals surface area contributed by atoms with E-state index < -0.39 is 0 Å². The van der Waals surface area contributed by atoms with Gasteiger partial charge in [-0.3, -0.25) is 0 Å². The fraction of sp³-hybridized carbons (Fsp3) is 0.250. The van der Waals surface area contributed by atoms with Crippen LogP contribution in [-0.2, 0) is 19.5 Å². The van der Waals surface area contributed by atoms with Gasteiger partial charge in [-0.15, -0.1) is 11.3 Å². The molecule has 0 saturated heterocycles. The van der Waals surface area contributed by atoms with Crippen LogP contribution in [0.25, 0.3) is 0 Å². The molecule has 6 heteroatoms. The number of nitrogens with one attached hydrogen (secondary N) is 1. The molecule has 0 radical (unpaired) electrons. The quantitative estimate of drug-likeness (QED) is 0.657. The first kappa shape index (κ1) is 14.7. The van der Waals surface area contributed by atoms with Crippen molar-refractivity contribution < 1.29 is 0 Å². The van der Waals surface area contributed by atoms with Crippen LogP contribution in [0.4, 0.5) is 5.13 Å². The van der Waals surface area contributed by atoms with Crippen molar-refractivity contribution in [2.75, 3.05) is 12.3 Å². The topological polar surface area (TPSA) is 68.8 Å². The van der Waals surface area contributed by atoms with E-state index in [9.17, 15) is 0 Å². The standard InChI is InChI=1S/C16H19N5S/c17-16-20-11-14(22-16)10-18-7-6-15-19-8-9-21(15)12-13-4-2-1-3-5-13/h1-5,8-9,11,18H,6-7,10,12H2,(H2,17,20). The molecule has 3 N–H and O–H groups in total. The van der Waals surface area contributed by atoms with Crippen molar-refractivity contribution in [3.63, 3.8) is 0 Å². The Hall–Kier alpha value is -2.18. The van der Waals surface area contributed by atoms with Crippen molar-refractivity contribution in [1.82, 2.24) is 19.9 Å². The van der Waals surface area contributed by atoms with Gasteiger partial charge in [0.25, 0.3) is 0 Å². The van der Waals surface area contributed by atoms with Crippen molar-refractivity contribution in [2.24, 2.45) is 0 Å². The first-order chi connectivity index (χ1) is 10.8. The molecular formula is C16H19N5S. The summed E-state index contributed by atoms with van der Waals surface area (Å²) < 4.78 is 2.20. The number of anilines is 1. The molecule has 0 atom stereocenters. The third-order valence-electron chi connectivity index (χ3n) is 3.39. The zero-order chi connectivity index (χ0) is 15.2. The molecule has 0 aliphatic carbocycles. The molecule has 2 aromatic heterocycles. The molecule has 0 bridgehead atoms. The minimum absolute atomic E-state index is 0.621. The maximum Gasteiger partial charge on any atom is 0.180 e. The Balaban J connectivity index is 1.50. The summed E-state index contributed by atoms with van der Waals surface area (Å²) in [6.07, 6.45) is 6.62. The van der Waals surface area contributed by atoms with Crippen LogP contribution >= 0.6 is 11.3 Å². The molecule has 2 heterocycles. The first-order valence-electron chi connectivity index (χ1n) is 7.26. The summed E-state index contributed by atoms with van der Waals surface area (Å²) in [5.74, 6) is 1.10. The van der Waals surface area contributed by atoms with Crippen LogP contribution in [0.1, 0.15) is 16.3 Å². The van der Waals surface area contributed by atoms with Gasteiger partial charge in [0.05, 0.1) is 0 Å². The fourth-order valence-corrected chi connectivity index (χ4v) is 2.96. The van der Waals surface area contributed by atoms with Crippen molar-refractivity contribution in [3.05, 3.63) is 65.2 Å². The highest BCUT2D eigenvalue weighted by Gasteiger charge is 2.04. The van der Waals surface area contributed by atoms with Crippen molar-refractivity contribution in [2.45, 2.75) is 19.5 Å². The van der Waals surface area contributed by atoms with E-state index in [0.29, 0.717) is 5.13 Å². The predicted octanol–water partition coefficient (Wildman–Crippen LogP) is 2.30. The maximum absolute atomic E-state index is 5.62.